The summed E-state index contributed by atoms with van der Waals surface area (Å²) < 4.78 is 0. The third kappa shape index (κ3) is 1.53. The van der Waals surface area contributed by atoms with Gasteiger partial charge < -0.3 is 0 Å². The summed E-state index contributed by atoms with van der Waals surface area (Å²) in [6, 6.07) is 0. The number of nitrogens with one attached hydrogen (secondary N) is 1. The van der Waals surface area contributed by atoms with Gasteiger partial charge in [-0.1, -0.05) is 12.1 Å². The number of anilines is 1. The molecule has 0 aliphatic heterocycles. The van der Waals surface area contributed by atoms with Gasteiger partial charge in [0.15, 0.2) is 5.82 Å². The first-order chi connectivity index (χ1) is 5.25. The second kappa shape index (κ2) is 3.11. The van der Waals surface area contributed by atoms with Crippen molar-refractivity contribution < 1.29 is 4.79 Å². The number of rotatable bonds is 2. The van der Waals surface area contributed by atoms with Gasteiger partial charge in [0.1, 0.15) is 0 Å². The quantitative estimate of drug-likeness (QED) is 0.340. The smallest absolute Gasteiger partial charge is 0.242 e. The van der Waals surface area contributed by atoms with E-state index in [9.17, 15) is 4.79 Å². The van der Waals surface area contributed by atoms with Crippen molar-refractivity contribution in [3.63, 3.8) is 0 Å². The number of aromatic nitrogens is 3. The van der Waals surface area contributed by atoms with Crippen molar-refractivity contribution in [2.24, 2.45) is 5.84 Å². The topological polar surface area (TPSA) is 87.9 Å². The van der Waals surface area contributed by atoms with Crippen LogP contribution >= 0.6 is 0 Å². The number of amides is 1. The first-order valence-corrected chi connectivity index (χ1v) is 3.19. The van der Waals surface area contributed by atoms with Gasteiger partial charge in [-0.3, -0.25) is 9.89 Å². The number of hydrazine groups is 1. The number of nitrogens with two attached hydrogens (primary N) is 1. The molecule has 0 aliphatic rings. The van der Waals surface area contributed by atoms with Crippen LogP contribution in [0, 0.1) is 0 Å². The molecule has 11 heavy (non-hydrogen) atoms. The highest BCUT2D eigenvalue weighted by Gasteiger charge is 2.10. The number of hydrogen-bond acceptors (Lipinski definition) is 4. The molecule has 0 saturated carbocycles. The van der Waals surface area contributed by atoms with Gasteiger partial charge in [0.05, 0.1) is 6.20 Å². The SMILES string of the molecule is CCC(=O)N(N)c1c[nH]nn1. The first kappa shape index (κ1) is 7.67. The molecular formula is C5H9N5O. The maximum absolute atomic E-state index is 10.9. The van der Waals surface area contributed by atoms with Gasteiger partial charge in [-0.25, -0.2) is 10.9 Å². The third-order valence-electron chi connectivity index (χ3n) is 1.22. The van der Waals surface area contributed by atoms with Crippen molar-refractivity contribution in [2.75, 3.05) is 5.01 Å². The number of carbonyl (C=O) groups excluding carboxylic acids is 1. The van der Waals surface area contributed by atoms with Crippen molar-refractivity contribution in [1.82, 2.24) is 15.4 Å². The van der Waals surface area contributed by atoms with Gasteiger partial charge in [0.25, 0.3) is 0 Å². The van der Waals surface area contributed by atoms with E-state index in [1.807, 2.05) is 0 Å². The molecule has 0 bridgehead atoms. The molecule has 6 heteroatoms. The van der Waals surface area contributed by atoms with E-state index >= 15 is 0 Å². The van der Waals surface area contributed by atoms with Crippen LogP contribution in [0.2, 0.25) is 0 Å². The van der Waals surface area contributed by atoms with Crippen LogP contribution in [0.25, 0.3) is 0 Å². The maximum Gasteiger partial charge on any atom is 0.242 e. The molecule has 0 spiro atoms. The predicted molar refractivity (Wildman–Crippen MR) is 38.3 cm³/mol. The van der Waals surface area contributed by atoms with Gasteiger partial charge in [-0.2, -0.15) is 0 Å². The fourth-order valence-electron chi connectivity index (χ4n) is 0.611. The Bertz CT molecular complexity index is 231. The lowest BCUT2D eigenvalue weighted by molar-refractivity contribution is -0.118. The van der Waals surface area contributed by atoms with Crippen LogP contribution in [-0.4, -0.2) is 21.3 Å². The minimum atomic E-state index is -0.195. The highest BCUT2D eigenvalue weighted by molar-refractivity contribution is 5.90. The average Bonchev–Trinajstić information content (AvgIpc) is 2.53. The summed E-state index contributed by atoms with van der Waals surface area (Å²) in [5.74, 6) is 5.49. The Morgan fingerprint density at radius 3 is 3.09 bits per heavy atom. The average molecular weight is 155 g/mol. The monoisotopic (exact) mass is 155 g/mol. The molecule has 6 nitrogen and oxygen atoms in total. The molecule has 1 rings (SSSR count). The van der Waals surface area contributed by atoms with Crippen LogP contribution in [0.1, 0.15) is 13.3 Å². The Morgan fingerprint density at radius 1 is 1.91 bits per heavy atom. The number of hydrogen-bond donors (Lipinski definition) is 2. The van der Waals surface area contributed by atoms with E-state index in [-0.39, 0.29) is 5.91 Å². The van der Waals surface area contributed by atoms with Crippen LogP contribution in [0.5, 0.6) is 0 Å². The minimum absolute atomic E-state index is 0.195. The fraction of sp³-hybridized carbons (Fsp3) is 0.400. The predicted octanol–water partition coefficient (Wildman–Crippen LogP) is -0.579. The Balaban J connectivity index is 2.70. The van der Waals surface area contributed by atoms with Crippen molar-refractivity contribution in [2.45, 2.75) is 13.3 Å². The molecular weight excluding hydrogens is 146 g/mol. The standard InChI is InChI=1S/C5H9N5O/c1-2-5(11)10(6)4-3-7-9-8-4/h3H,2,6H2,1H3,(H,7,8,9). The molecule has 0 saturated heterocycles. The van der Waals surface area contributed by atoms with Gasteiger partial charge in [-0.15, -0.1) is 5.10 Å². The highest BCUT2D eigenvalue weighted by atomic mass is 16.2. The lowest BCUT2D eigenvalue weighted by Crippen LogP contribution is -2.37. The van der Waals surface area contributed by atoms with E-state index in [2.05, 4.69) is 15.4 Å². The molecule has 1 heterocycles. The van der Waals surface area contributed by atoms with E-state index < -0.39 is 0 Å². The summed E-state index contributed by atoms with van der Waals surface area (Å²) in [6.07, 6.45) is 1.80. The normalized spacial score (nSPS) is 9.64. The molecule has 0 fully saturated rings. The Morgan fingerprint density at radius 2 is 2.64 bits per heavy atom. The molecule has 0 aliphatic carbocycles. The third-order valence-corrected chi connectivity index (χ3v) is 1.22. The summed E-state index contributed by atoms with van der Waals surface area (Å²) >= 11 is 0. The molecule has 0 radical (unpaired) electrons. The summed E-state index contributed by atoms with van der Waals surface area (Å²) in [5, 5.41) is 10.4. The van der Waals surface area contributed by atoms with Gasteiger partial charge >= 0.3 is 0 Å². The number of H-pyrrole nitrogens is 1. The zero-order valence-electron chi connectivity index (χ0n) is 6.11. The van der Waals surface area contributed by atoms with E-state index in [1.54, 1.807) is 6.92 Å². The van der Waals surface area contributed by atoms with E-state index in [1.165, 1.54) is 6.20 Å². The summed E-state index contributed by atoms with van der Waals surface area (Å²) in [7, 11) is 0. The molecule has 1 aromatic rings. The summed E-state index contributed by atoms with van der Waals surface area (Å²) in [6.45, 7) is 1.72. The zero-order valence-corrected chi connectivity index (χ0v) is 6.11. The van der Waals surface area contributed by atoms with Crippen LogP contribution in [-0.2, 0) is 4.79 Å². The maximum atomic E-state index is 10.9. The number of nitrogens with zero attached hydrogens (tertiary/aromatic N) is 3. The lowest BCUT2D eigenvalue weighted by Gasteiger charge is -2.10. The second-order valence-corrected chi connectivity index (χ2v) is 1.95. The molecule has 0 atom stereocenters. The van der Waals surface area contributed by atoms with Gasteiger partial charge in [-0.05, 0) is 0 Å². The first-order valence-electron chi connectivity index (χ1n) is 3.19. The van der Waals surface area contributed by atoms with Gasteiger partial charge in [0.2, 0.25) is 5.91 Å². The summed E-state index contributed by atoms with van der Waals surface area (Å²) in [5.41, 5.74) is 0. The second-order valence-electron chi connectivity index (χ2n) is 1.95. The zero-order chi connectivity index (χ0) is 8.27. The van der Waals surface area contributed by atoms with Crippen LogP contribution in [0.15, 0.2) is 6.20 Å². The fourth-order valence-corrected chi connectivity index (χ4v) is 0.611. The molecule has 3 N–H and O–H groups in total. The number of carbonyl (C=O) groups is 1. The molecule has 1 aromatic heterocycles. The van der Waals surface area contributed by atoms with Crippen LogP contribution < -0.4 is 10.9 Å². The van der Waals surface area contributed by atoms with E-state index in [0.29, 0.717) is 12.2 Å². The molecule has 1 amide bonds. The largest absolute Gasteiger partial charge is 0.273 e. The van der Waals surface area contributed by atoms with E-state index in [0.717, 1.165) is 5.01 Å². The van der Waals surface area contributed by atoms with Crippen molar-refractivity contribution in [3.8, 4) is 0 Å². The molecule has 60 valence electrons. The van der Waals surface area contributed by atoms with Crippen molar-refractivity contribution in [3.05, 3.63) is 6.20 Å². The molecule has 0 aromatic carbocycles. The lowest BCUT2D eigenvalue weighted by atomic mass is 10.4. The molecule has 0 unspecified atom stereocenters. The van der Waals surface area contributed by atoms with Crippen molar-refractivity contribution in [1.29, 1.82) is 0 Å². The van der Waals surface area contributed by atoms with Crippen molar-refractivity contribution >= 4 is 11.7 Å². The Labute approximate surface area is 63.3 Å². The highest BCUT2D eigenvalue weighted by Crippen LogP contribution is 2.02. The van der Waals surface area contributed by atoms with Gasteiger partial charge in [0, 0.05) is 6.42 Å². The van der Waals surface area contributed by atoms with Crippen LogP contribution in [0.3, 0.4) is 0 Å². The van der Waals surface area contributed by atoms with Crippen LogP contribution in [0.4, 0.5) is 5.82 Å². The Kier molecular flexibility index (Phi) is 2.17. The van der Waals surface area contributed by atoms with E-state index in [4.69, 9.17) is 5.84 Å². The minimum Gasteiger partial charge on any atom is -0.273 e. The summed E-state index contributed by atoms with van der Waals surface area (Å²) in [4.78, 5) is 10.9. The number of aromatic amines is 1. The Hall–Kier alpha value is -1.43.